The van der Waals surface area contributed by atoms with Crippen molar-refractivity contribution < 1.29 is 27.5 Å². The number of alkyl halides is 3. The van der Waals surface area contributed by atoms with E-state index in [1.807, 2.05) is 17.0 Å². The van der Waals surface area contributed by atoms with Crippen molar-refractivity contribution in [2.24, 2.45) is 11.8 Å². The SMILES string of the molecule is COc1cc2nc(C)nc(N[C@H](C)c3cc(N)cc(C(F)(F)F)c3)c2cc1C1CCC(C(=O)N2CCC(CCCN(C)C3CCN(C(=O)c4ccc(Cl)c(-n5ccc(=O)[nH]c5=O)c4)CC3)CC2)CC1. The lowest BCUT2D eigenvalue weighted by atomic mass is 9.77. The number of aromatic nitrogens is 4. The monoisotopic (exact) mass is 971 g/mol. The molecule has 0 unspecified atom stereocenters. The van der Waals surface area contributed by atoms with E-state index in [1.54, 1.807) is 39.2 Å². The Hall–Kier alpha value is -5.94. The fourth-order valence-electron chi connectivity index (χ4n) is 10.6. The Morgan fingerprint density at radius 2 is 1.65 bits per heavy atom. The molecule has 1 aliphatic carbocycles. The van der Waals surface area contributed by atoms with Crippen molar-refractivity contribution in [1.29, 1.82) is 0 Å². The zero-order chi connectivity index (χ0) is 49.1. The zero-order valence-electron chi connectivity index (χ0n) is 39.6. The van der Waals surface area contributed by atoms with Gasteiger partial charge in [0.1, 0.15) is 17.4 Å². The van der Waals surface area contributed by atoms with E-state index in [1.165, 1.54) is 22.9 Å². The number of nitrogens with zero attached hydrogens (tertiary/aromatic N) is 6. The van der Waals surface area contributed by atoms with Crippen molar-refractivity contribution in [3.63, 3.8) is 0 Å². The Kier molecular flexibility index (Phi) is 15.0. The van der Waals surface area contributed by atoms with Crippen molar-refractivity contribution >= 4 is 45.8 Å². The molecule has 8 rings (SSSR count). The molecule has 368 valence electrons. The topological polar surface area (TPSA) is 172 Å². The number of methoxy groups -OCH3 is 1. The van der Waals surface area contributed by atoms with Gasteiger partial charge in [0.05, 0.1) is 34.9 Å². The molecular weight excluding hydrogens is 911 g/mol. The van der Waals surface area contributed by atoms with E-state index in [-0.39, 0.29) is 34.4 Å². The molecule has 0 radical (unpaired) electrons. The van der Waals surface area contributed by atoms with Gasteiger partial charge < -0.3 is 30.5 Å². The van der Waals surface area contributed by atoms with Crippen LogP contribution in [0, 0.1) is 18.8 Å². The first-order chi connectivity index (χ1) is 32.9. The third-order valence-electron chi connectivity index (χ3n) is 14.5. The minimum Gasteiger partial charge on any atom is -0.496 e. The van der Waals surface area contributed by atoms with Gasteiger partial charge in [-0.2, -0.15) is 13.2 Å². The first-order valence-corrected chi connectivity index (χ1v) is 24.3. The van der Waals surface area contributed by atoms with E-state index >= 15 is 0 Å². The van der Waals surface area contributed by atoms with Gasteiger partial charge in [-0.15, -0.1) is 0 Å². The Morgan fingerprint density at radius 1 is 0.942 bits per heavy atom. The van der Waals surface area contributed by atoms with Crippen LogP contribution in [0.1, 0.15) is 116 Å². The van der Waals surface area contributed by atoms with Crippen LogP contribution in [0.3, 0.4) is 0 Å². The molecule has 3 aliphatic rings. The highest BCUT2D eigenvalue weighted by atomic mass is 35.5. The number of aromatic amines is 1. The van der Waals surface area contributed by atoms with Gasteiger partial charge >= 0.3 is 11.9 Å². The summed E-state index contributed by atoms with van der Waals surface area (Å²) in [4.78, 5) is 69.2. The van der Waals surface area contributed by atoms with Crippen LogP contribution in [0.2, 0.25) is 5.02 Å². The molecule has 4 heterocycles. The number of hydrogen-bond donors (Lipinski definition) is 3. The second-order valence-corrected chi connectivity index (χ2v) is 19.5. The highest BCUT2D eigenvalue weighted by molar-refractivity contribution is 6.32. The number of carbonyl (C=O) groups is 2. The predicted molar refractivity (Wildman–Crippen MR) is 261 cm³/mol. The molecule has 3 aromatic carbocycles. The van der Waals surface area contributed by atoms with E-state index in [4.69, 9.17) is 22.1 Å². The standard InChI is InChI=1S/C51H61ClF3N9O5/c1-30(36-24-37(51(53,54)55)27-38(56)25-36)57-47-41-28-40(45(69-4)29-43(41)58-31(2)59-47)33-7-9-34(10-8-33)48(66)62-19-13-32(14-20-62)6-5-18-61(3)39-15-21-63(22-16-39)49(67)35-11-12-42(52)44(26-35)64-23-17-46(65)60-50(64)68/h11-12,17,23-30,32-34,39H,5-10,13-16,18-22,56H2,1-4H3,(H,57,58,59)(H,60,65,68)/t30-,33?,34?/m1/s1. The van der Waals surface area contributed by atoms with Crippen LogP contribution in [0.15, 0.2) is 70.4 Å². The Bertz CT molecular complexity index is 2790. The number of piperidine rings is 2. The number of rotatable bonds is 13. The van der Waals surface area contributed by atoms with Gasteiger partial charge in [0.2, 0.25) is 5.91 Å². The van der Waals surface area contributed by atoms with Gasteiger partial charge in [-0.3, -0.25) is 23.9 Å². The number of H-pyrrole nitrogens is 1. The van der Waals surface area contributed by atoms with Crippen LogP contribution >= 0.6 is 11.6 Å². The summed E-state index contributed by atoms with van der Waals surface area (Å²) in [5, 5.41) is 4.36. The largest absolute Gasteiger partial charge is 0.496 e. The summed E-state index contributed by atoms with van der Waals surface area (Å²) in [7, 11) is 3.80. The van der Waals surface area contributed by atoms with Gasteiger partial charge in [0.25, 0.3) is 11.5 Å². The van der Waals surface area contributed by atoms with Gasteiger partial charge in [-0.1, -0.05) is 11.6 Å². The van der Waals surface area contributed by atoms with E-state index in [0.29, 0.717) is 64.8 Å². The smallest absolute Gasteiger partial charge is 0.416 e. The second kappa shape index (κ2) is 21.0. The van der Waals surface area contributed by atoms with Crippen LogP contribution in [-0.2, 0) is 11.0 Å². The maximum absolute atomic E-state index is 13.9. The number of nitrogens with one attached hydrogen (secondary N) is 2. The summed E-state index contributed by atoms with van der Waals surface area (Å²) in [6.07, 6.45) is 5.90. The zero-order valence-corrected chi connectivity index (χ0v) is 40.3. The van der Waals surface area contributed by atoms with Gasteiger partial charge in [-0.25, -0.2) is 14.8 Å². The molecule has 1 saturated carbocycles. The number of nitrogen functional groups attached to an aromatic ring is 1. The minimum absolute atomic E-state index is 0.0273. The van der Waals surface area contributed by atoms with Gasteiger partial charge in [-0.05, 0) is 157 Å². The van der Waals surface area contributed by atoms with Crippen LogP contribution < -0.4 is 27.0 Å². The highest BCUT2D eigenvalue weighted by Gasteiger charge is 2.35. The number of halogens is 4. The second-order valence-electron chi connectivity index (χ2n) is 19.1. The number of amides is 2. The van der Waals surface area contributed by atoms with E-state index < -0.39 is 29.0 Å². The number of anilines is 2. The molecule has 2 amide bonds. The fraction of sp³-hybridized carbons (Fsp3) is 0.490. The molecule has 0 spiro atoms. The Labute approximate surface area is 404 Å². The average molecular weight is 973 g/mol. The molecular formula is C51H61ClF3N9O5. The normalized spacial score (nSPS) is 19.0. The molecule has 2 saturated heterocycles. The quantitative estimate of drug-likeness (QED) is 0.0970. The summed E-state index contributed by atoms with van der Waals surface area (Å²) < 4.78 is 48.0. The van der Waals surface area contributed by atoms with Crippen molar-refractivity contribution in [3.05, 3.63) is 115 Å². The predicted octanol–water partition coefficient (Wildman–Crippen LogP) is 8.74. The number of likely N-dealkylation sites (tertiary alicyclic amines) is 2. The lowest BCUT2D eigenvalue weighted by molar-refractivity contribution is -0.138. The number of hydrogen-bond acceptors (Lipinski definition) is 10. The molecule has 69 heavy (non-hydrogen) atoms. The molecule has 4 N–H and O–H groups in total. The van der Waals surface area contributed by atoms with Crippen LogP contribution in [0.25, 0.3) is 16.6 Å². The minimum atomic E-state index is -4.53. The summed E-state index contributed by atoms with van der Waals surface area (Å²) in [6.45, 7) is 7.32. The Balaban J connectivity index is 0.786. The third-order valence-corrected chi connectivity index (χ3v) is 14.9. The van der Waals surface area contributed by atoms with Gasteiger partial charge in [0.15, 0.2) is 0 Å². The molecule has 3 fully saturated rings. The van der Waals surface area contributed by atoms with Crippen molar-refractivity contribution in [1.82, 2.24) is 34.2 Å². The molecule has 1 atom stereocenters. The maximum Gasteiger partial charge on any atom is 0.416 e. The van der Waals surface area contributed by atoms with Crippen LogP contribution in [0.4, 0.5) is 24.7 Å². The highest BCUT2D eigenvalue weighted by Crippen LogP contribution is 2.43. The first kappa shape index (κ1) is 49.5. The Morgan fingerprint density at radius 3 is 2.33 bits per heavy atom. The van der Waals surface area contributed by atoms with Crippen molar-refractivity contribution in [3.8, 4) is 11.4 Å². The number of ether oxygens (including phenoxy) is 1. The number of aryl methyl sites for hydroxylation is 1. The van der Waals surface area contributed by atoms with E-state index in [0.717, 1.165) is 107 Å². The van der Waals surface area contributed by atoms with Crippen LogP contribution in [0.5, 0.6) is 5.75 Å². The average Bonchev–Trinajstić information content (AvgIpc) is 3.33. The van der Waals surface area contributed by atoms with E-state index in [2.05, 4.69) is 37.1 Å². The molecule has 5 aromatic rings. The molecule has 18 heteroatoms. The number of carbonyl (C=O) groups excluding carboxylic acids is 2. The summed E-state index contributed by atoms with van der Waals surface area (Å²) in [5.41, 5.74) is 6.77. The number of benzene rings is 3. The summed E-state index contributed by atoms with van der Waals surface area (Å²) in [5.74, 6) is 2.55. The van der Waals surface area contributed by atoms with Gasteiger partial charge in [0, 0.05) is 73.1 Å². The third kappa shape index (κ3) is 11.4. The lowest BCUT2D eigenvalue weighted by Gasteiger charge is -2.38. The molecule has 0 bridgehead atoms. The van der Waals surface area contributed by atoms with Crippen molar-refractivity contribution in [2.45, 2.75) is 102 Å². The van der Waals surface area contributed by atoms with E-state index in [9.17, 15) is 32.3 Å². The fourth-order valence-corrected chi connectivity index (χ4v) is 10.8. The summed E-state index contributed by atoms with van der Waals surface area (Å²) >= 11 is 6.38. The number of fused-ring (bicyclic) bond motifs is 1. The molecule has 2 aliphatic heterocycles. The maximum atomic E-state index is 13.9. The molecule has 2 aromatic heterocycles. The first-order valence-electron chi connectivity index (χ1n) is 24.0. The summed E-state index contributed by atoms with van der Waals surface area (Å²) in [6, 6.07) is 13.4. The number of nitrogens with two attached hydrogens (primary N) is 1. The van der Waals surface area contributed by atoms with Crippen molar-refractivity contribution in [2.75, 3.05) is 57.9 Å². The van der Waals surface area contributed by atoms with Crippen LogP contribution in [-0.4, -0.2) is 99.0 Å². The lowest BCUT2D eigenvalue weighted by Crippen LogP contribution is -2.46. The molecule has 14 nitrogen and oxygen atoms in total.